The largest absolute Gasteiger partial charge is 0.460 e. The number of fused-ring (bicyclic) bond motifs is 1. The lowest BCUT2D eigenvalue weighted by Gasteiger charge is -2.29. The van der Waals surface area contributed by atoms with Gasteiger partial charge < -0.3 is 9.47 Å². The number of allylic oxidation sites excluding steroid dienone is 2. The van der Waals surface area contributed by atoms with Gasteiger partial charge >= 0.3 is 6.18 Å². The van der Waals surface area contributed by atoms with Crippen LogP contribution in [0, 0.1) is 23.2 Å². The zero-order valence-electron chi connectivity index (χ0n) is 7.62. The van der Waals surface area contributed by atoms with Gasteiger partial charge in [0.25, 0.3) is 0 Å². The third-order valence-corrected chi connectivity index (χ3v) is 2.55. The highest BCUT2D eigenvalue weighted by Crippen LogP contribution is 2.40. The molecule has 3 atom stereocenters. The average molecular weight is 219 g/mol. The van der Waals surface area contributed by atoms with Crippen LogP contribution in [0.4, 0.5) is 13.2 Å². The maximum Gasteiger partial charge on any atom is 0.448 e. The molecule has 0 aromatic heterocycles. The van der Waals surface area contributed by atoms with E-state index in [9.17, 15) is 13.2 Å². The van der Waals surface area contributed by atoms with E-state index < -0.39 is 24.1 Å². The Morgan fingerprint density at radius 3 is 2.80 bits per heavy atom. The summed E-state index contributed by atoms with van der Waals surface area (Å²) in [6, 6.07) is 1.84. The fraction of sp³-hybridized carbons (Fsp3) is 0.667. The number of hydrogen-bond donors (Lipinski definition) is 0. The van der Waals surface area contributed by atoms with E-state index in [1.165, 1.54) is 0 Å². The number of nitriles is 1. The van der Waals surface area contributed by atoms with Crippen LogP contribution < -0.4 is 0 Å². The van der Waals surface area contributed by atoms with Crippen LogP contribution in [0.3, 0.4) is 0 Å². The zero-order chi connectivity index (χ0) is 11.1. The number of nitrogens with zero attached hydrogens (tertiary/aromatic N) is 1. The second-order valence-electron chi connectivity index (χ2n) is 3.49. The summed E-state index contributed by atoms with van der Waals surface area (Å²) in [5.74, 6) is -2.17. The van der Waals surface area contributed by atoms with Crippen LogP contribution in [0.15, 0.2) is 11.8 Å². The fourth-order valence-electron chi connectivity index (χ4n) is 1.80. The van der Waals surface area contributed by atoms with Crippen LogP contribution in [0.25, 0.3) is 0 Å². The maximum atomic E-state index is 12.3. The molecule has 2 aliphatic rings. The van der Waals surface area contributed by atoms with E-state index in [2.05, 4.69) is 4.74 Å². The van der Waals surface area contributed by atoms with Gasteiger partial charge in [0.15, 0.2) is 0 Å². The van der Waals surface area contributed by atoms with Gasteiger partial charge in [-0.15, -0.1) is 0 Å². The van der Waals surface area contributed by atoms with Gasteiger partial charge in [-0.3, -0.25) is 0 Å². The standard InChI is InChI=1S/C9H8F3NO2/c10-9(11,12)7-3-5(4-13)6-1-2-14-8(6)15-7/h3,5-6,8H,1-2H2/t5?,6-,8+/m0/s1. The molecule has 0 aliphatic carbocycles. The van der Waals surface area contributed by atoms with Crippen molar-refractivity contribution in [3.05, 3.63) is 11.8 Å². The highest BCUT2D eigenvalue weighted by atomic mass is 19.4. The SMILES string of the molecule is N#CC1C=C(C(F)(F)F)O[C@H]2OCC[C@@H]12. The molecule has 0 amide bonds. The Hall–Kier alpha value is -1.22. The minimum atomic E-state index is -4.55. The molecule has 15 heavy (non-hydrogen) atoms. The van der Waals surface area contributed by atoms with Crippen LogP contribution >= 0.6 is 0 Å². The van der Waals surface area contributed by atoms with Crippen LogP contribution in [0.2, 0.25) is 0 Å². The first kappa shape index (κ1) is 10.3. The van der Waals surface area contributed by atoms with Gasteiger partial charge in [0.1, 0.15) is 0 Å². The molecule has 0 bridgehead atoms. The summed E-state index contributed by atoms with van der Waals surface area (Å²) >= 11 is 0. The Labute approximate surface area is 84.1 Å². The summed E-state index contributed by atoms with van der Waals surface area (Å²) in [6.45, 7) is 0.340. The minimum Gasteiger partial charge on any atom is -0.460 e. The molecule has 0 spiro atoms. The van der Waals surface area contributed by atoms with E-state index in [1.807, 2.05) is 6.07 Å². The van der Waals surface area contributed by atoms with Crippen LogP contribution in [-0.2, 0) is 9.47 Å². The smallest absolute Gasteiger partial charge is 0.448 e. The molecule has 6 heteroatoms. The van der Waals surface area contributed by atoms with Crippen molar-refractivity contribution in [1.29, 1.82) is 5.26 Å². The first-order valence-corrected chi connectivity index (χ1v) is 4.49. The lowest BCUT2D eigenvalue weighted by atomic mass is 9.89. The van der Waals surface area contributed by atoms with Crippen LogP contribution in [0.5, 0.6) is 0 Å². The van der Waals surface area contributed by atoms with Gasteiger partial charge in [-0.25, -0.2) is 0 Å². The van der Waals surface area contributed by atoms with Crippen molar-refractivity contribution in [2.45, 2.75) is 18.9 Å². The Balaban J connectivity index is 2.26. The first-order chi connectivity index (χ1) is 7.02. The van der Waals surface area contributed by atoms with E-state index in [-0.39, 0.29) is 5.92 Å². The summed E-state index contributed by atoms with van der Waals surface area (Å²) in [7, 11) is 0. The van der Waals surface area contributed by atoms with Crippen molar-refractivity contribution in [3.8, 4) is 6.07 Å². The van der Waals surface area contributed by atoms with Crippen molar-refractivity contribution < 1.29 is 22.6 Å². The summed E-state index contributed by atoms with van der Waals surface area (Å²) in [5.41, 5.74) is 0. The summed E-state index contributed by atoms with van der Waals surface area (Å²) < 4.78 is 46.7. The average Bonchev–Trinajstić information content (AvgIpc) is 2.62. The molecule has 1 saturated heterocycles. The molecule has 1 unspecified atom stereocenters. The van der Waals surface area contributed by atoms with Crippen molar-refractivity contribution in [2.24, 2.45) is 11.8 Å². The maximum absolute atomic E-state index is 12.3. The molecule has 2 heterocycles. The first-order valence-electron chi connectivity index (χ1n) is 4.49. The number of hydrogen-bond acceptors (Lipinski definition) is 3. The summed E-state index contributed by atoms with van der Waals surface area (Å²) in [5, 5.41) is 8.75. The molecule has 0 aromatic carbocycles. The summed E-state index contributed by atoms with van der Waals surface area (Å²) in [6.07, 6.45) is -4.07. The van der Waals surface area contributed by atoms with Crippen LogP contribution in [0.1, 0.15) is 6.42 Å². The zero-order valence-corrected chi connectivity index (χ0v) is 7.62. The lowest BCUT2D eigenvalue weighted by molar-refractivity contribution is -0.191. The van der Waals surface area contributed by atoms with Crippen molar-refractivity contribution >= 4 is 0 Å². The Morgan fingerprint density at radius 2 is 2.20 bits per heavy atom. The van der Waals surface area contributed by atoms with E-state index >= 15 is 0 Å². The molecule has 2 rings (SSSR count). The second kappa shape index (κ2) is 3.42. The molecular weight excluding hydrogens is 211 g/mol. The molecule has 0 aromatic rings. The Bertz CT molecular complexity index is 331. The quantitative estimate of drug-likeness (QED) is 0.625. The van der Waals surface area contributed by atoms with Gasteiger partial charge in [0.2, 0.25) is 12.0 Å². The van der Waals surface area contributed by atoms with E-state index in [0.717, 1.165) is 6.08 Å². The predicted octanol–water partition coefficient (Wildman–Crippen LogP) is 1.97. The third-order valence-electron chi connectivity index (χ3n) is 2.55. The molecule has 0 radical (unpaired) electrons. The predicted molar refractivity (Wildman–Crippen MR) is 42.2 cm³/mol. The molecule has 0 saturated carbocycles. The van der Waals surface area contributed by atoms with Gasteiger partial charge in [-0.05, 0) is 12.5 Å². The topological polar surface area (TPSA) is 42.2 Å². The normalized spacial score (nSPS) is 35.1. The Morgan fingerprint density at radius 1 is 1.47 bits per heavy atom. The number of halogens is 3. The van der Waals surface area contributed by atoms with E-state index in [0.29, 0.717) is 13.0 Å². The lowest BCUT2D eigenvalue weighted by Crippen LogP contribution is -2.33. The molecule has 0 N–H and O–H groups in total. The monoisotopic (exact) mass is 219 g/mol. The van der Waals surface area contributed by atoms with Gasteiger partial charge in [-0.1, -0.05) is 0 Å². The van der Waals surface area contributed by atoms with E-state index in [1.54, 1.807) is 0 Å². The number of ether oxygens (including phenoxy) is 2. The second-order valence-corrected chi connectivity index (χ2v) is 3.49. The fourth-order valence-corrected chi connectivity index (χ4v) is 1.80. The van der Waals surface area contributed by atoms with Gasteiger partial charge in [-0.2, -0.15) is 18.4 Å². The highest BCUT2D eigenvalue weighted by molar-refractivity contribution is 5.15. The third kappa shape index (κ3) is 1.79. The number of alkyl halides is 3. The molecular formula is C9H8F3NO2. The molecule has 1 fully saturated rings. The van der Waals surface area contributed by atoms with Crippen molar-refractivity contribution in [2.75, 3.05) is 6.61 Å². The highest BCUT2D eigenvalue weighted by Gasteiger charge is 2.47. The molecule has 2 aliphatic heterocycles. The van der Waals surface area contributed by atoms with E-state index in [4.69, 9.17) is 10.00 Å². The van der Waals surface area contributed by atoms with Gasteiger partial charge in [0, 0.05) is 5.92 Å². The van der Waals surface area contributed by atoms with Crippen LogP contribution in [-0.4, -0.2) is 19.1 Å². The van der Waals surface area contributed by atoms with Crippen molar-refractivity contribution in [3.63, 3.8) is 0 Å². The minimum absolute atomic E-state index is 0.277. The Kier molecular flexibility index (Phi) is 2.35. The summed E-state index contributed by atoms with van der Waals surface area (Å²) in [4.78, 5) is 0. The number of rotatable bonds is 0. The molecule has 3 nitrogen and oxygen atoms in total. The molecule has 82 valence electrons. The van der Waals surface area contributed by atoms with Crippen molar-refractivity contribution in [1.82, 2.24) is 0 Å². The van der Waals surface area contributed by atoms with Gasteiger partial charge in [0.05, 0.1) is 18.6 Å².